The van der Waals surface area contributed by atoms with Crippen LogP contribution in [0.4, 0.5) is 0 Å². The summed E-state index contributed by atoms with van der Waals surface area (Å²) >= 11 is 0. The van der Waals surface area contributed by atoms with Gasteiger partial charge in [0.25, 0.3) is 0 Å². The first-order chi connectivity index (χ1) is 20.6. The van der Waals surface area contributed by atoms with Gasteiger partial charge >= 0.3 is 5.97 Å². The molecule has 0 saturated carbocycles. The molecule has 0 bridgehead atoms. The third kappa shape index (κ3) is 13.0. The van der Waals surface area contributed by atoms with Crippen LogP contribution in [0, 0.1) is 0 Å². The van der Waals surface area contributed by atoms with Crippen molar-refractivity contribution < 1.29 is 28.8 Å². The average molecular weight is 581 g/mol. The second-order valence-corrected chi connectivity index (χ2v) is 11.5. The maximum Gasteiger partial charge on any atom is 0.334 e. The lowest BCUT2D eigenvalue weighted by molar-refractivity contribution is -0.156. The highest BCUT2D eigenvalue weighted by Gasteiger charge is 2.45. The summed E-state index contributed by atoms with van der Waals surface area (Å²) in [6.07, 6.45) is 19.6. The summed E-state index contributed by atoms with van der Waals surface area (Å²) in [5.41, 5.74) is 0.957. The Morgan fingerprint density at radius 1 is 0.762 bits per heavy atom. The Hall–Kier alpha value is -2.83. The standard InChI is InChI=1S/C36H52O6/c1-39-33-22-24-34(25-23-33)41-30-36(29-40-28-31-19-15-14-16-20-31)27-32(35(38)42-36)21-17-12-10-8-6-4-2-3-5-7-9-11-13-18-26-37/h14-16,19-25,37H,2-13,17-18,26-30H2,1H3/b32-21+. The van der Waals surface area contributed by atoms with Crippen molar-refractivity contribution >= 4 is 5.97 Å². The molecule has 0 aromatic heterocycles. The summed E-state index contributed by atoms with van der Waals surface area (Å²) in [7, 11) is 1.63. The monoisotopic (exact) mass is 580 g/mol. The molecule has 0 amide bonds. The summed E-state index contributed by atoms with van der Waals surface area (Å²) in [5.74, 6) is 1.20. The van der Waals surface area contributed by atoms with E-state index in [1.54, 1.807) is 7.11 Å². The van der Waals surface area contributed by atoms with Gasteiger partial charge in [0.05, 0.1) is 20.3 Å². The molecular formula is C36H52O6. The molecule has 3 rings (SSSR count). The van der Waals surface area contributed by atoms with E-state index in [2.05, 4.69) is 6.08 Å². The Morgan fingerprint density at radius 3 is 1.93 bits per heavy atom. The first-order valence-electron chi connectivity index (χ1n) is 16.1. The number of carbonyl (C=O) groups is 1. The van der Waals surface area contributed by atoms with Gasteiger partial charge in [0.15, 0.2) is 5.60 Å². The average Bonchev–Trinajstić information content (AvgIpc) is 3.33. The van der Waals surface area contributed by atoms with Crippen LogP contribution >= 0.6 is 0 Å². The topological polar surface area (TPSA) is 74.2 Å². The molecule has 0 radical (unpaired) electrons. The van der Waals surface area contributed by atoms with Crippen LogP contribution < -0.4 is 9.47 Å². The van der Waals surface area contributed by atoms with E-state index in [0.29, 0.717) is 25.4 Å². The molecule has 2 aromatic carbocycles. The number of ether oxygens (including phenoxy) is 4. The fraction of sp³-hybridized carbons (Fsp3) is 0.583. The van der Waals surface area contributed by atoms with E-state index in [9.17, 15) is 4.79 Å². The van der Waals surface area contributed by atoms with Crippen LogP contribution in [0.3, 0.4) is 0 Å². The Bertz CT molecular complexity index is 1020. The maximum atomic E-state index is 12.9. The normalized spacial score (nSPS) is 17.5. The quantitative estimate of drug-likeness (QED) is 0.0809. The van der Waals surface area contributed by atoms with E-state index in [4.69, 9.17) is 24.1 Å². The Morgan fingerprint density at radius 2 is 1.33 bits per heavy atom. The first-order valence-corrected chi connectivity index (χ1v) is 16.1. The summed E-state index contributed by atoms with van der Waals surface area (Å²) in [6, 6.07) is 17.4. The minimum absolute atomic E-state index is 0.223. The number of allylic oxidation sites excluding steroid dienone is 1. The van der Waals surface area contributed by atoms with Crippen LogP contribution in [0.1, 0.15) is 102 Å². The van der Waals surface area contributed by atoms with E-state index in [1.807, 2.05) is 54.6 Å². The van der Waals surface area contributed by atoms with Gasteiger partial charge in [-0.05, 0) is 49.1 Å². The third-order valence-corrected chi connectivity index (χ3v) is 7.87. The van der Waals surface area contributed by atoms with Gasteiger partial charge < -0.3 is 24.1 Å². The zero-order chi connectivity index (χ0) is 29.7. The van der Waals surface area contributed by atoms with Gasteiger partial charge in [-0.25, -0.2) is 4.79 Å². The molecule has 6 nitrogen and oxygen atoms in total. The highest BCUT2D eigenvalue weighted by Crippen LogP contribution is 2.33. The van der Waals surface area contributed by atoms with E-state index < -0.39 is 5.60 Å². The number of unbranched alkanes of at least 4 members (excludes halogenated alkanes) is 13. The predicted molar refractivity (Wildman–Crippen MR) is 168 cm³/mol. The highest BCUT2D eigenvalue weighted by atomic mass is 16.6. The van der Waals surface area contributed by atoms with Crippen LogP contribution in [0.5, 0.6) is 11.5 Å². The van der Waals surface area contributed by atoms with Crippen LogP contribution in [-0.2, 0) is 20.9 Å². The van der Waals surface area contributed by atoms with Crippen molar-refractivity contribution in [2.24, 2.45) is 0 Å². The molecule has 2 aromatic rings. The number of cyclic esters (lactones) is 1. The number of aliphatic hydroxyl groups is 1. The number of benzene rings is 2. The Kier molecular flexibility index (Phi) is 16.1. The minimum atomic E-state index is -0.850. The van der Waals surface area contributed by atoms with Crippen LogP contribution in [0.25, 0.3) is 0 Å². The second kappa shape index (κ2) is 20.1. The molecule has 1 N–H and O–H groups in total. The van der Waals surface area contributed by atoms with E-state index in [-0.39, 0.29) is 19.2 Å². The first kappa shape index (κ1) is 33.7. The number of esters is 1. The summed E-state index contributed by atoms with van der Waals surface area (Å²) < 4.78 is 23.3. The van der Waals surface area contributed by atoms with E-state index in [1.165, 1.54) is 64.2 Å². The van der Waals surface area contributed by atoms with Gasteiger partial charge in [0.1, 0.15) is 18.1 Å². The summed E-state index contributed by atoms with van der Waals surface area (Å²) in [4.78, 5) is 12.9. The number of hydrogen-bond donors (Lipinski definition) is 1. The van der Waals surface area contributed by atoms with Gasteiger partial charge in [-0.15, -0.1) is 0 Å². The van der Waals surface area contributed by atoms with Crippen molar-refractivity contribution in [1.29, 1.82) is 0 Å². The summed E-state index contributed by atoms with van der Waals surface area (Å²) in [6.45, 7) is 1.27. The van der Waals surface area contributed by atoms with Gasteiger partial charge in [-0.1, -0.05) is 107 Å². The molecule has 1 fully saturated rings. The van der Waals surface area contributed by atoms with Crippen molar-refractivity contribution in [3.63, 3.8) is 0 Å². The largest absolute Gasteiger partial charge is 0.497 e. The zero-order valence-corrected chi connectivity index (χ0v) is 25.7. The lowest BCUT2D eigenvalue weighted by Crippen LogP contribution is -2.40. The molecule has 1 aliphatic heterocycles. The van der Waals surface area contributed by atoms with Crippen molar-refractivity contribution in [2.45, 2.75) is 109 Å². The van der Waals surface area contributed by atoms with Crippen molar-refractivity contribution in [1.82, 2.24) is 0 Å². The molecule has 6 heteroatoms. The number of carbonyl (C=O) groups excluding carboxylic acids is 1. The SMILES string of the molecule is COc1ccc(OCC2(COCc3ccccc3)C/C(=C\CCCCCCCCCCCCCCCO)C(=O)O2)cc1. The third-order valence-electron chi connectivity index (χ3n) is 7.87. The van der Waals surface area contributed by atoms with Crippen molar-refractivity contribution in [2.75, 3.05) is 26.9 Å². The Labute approximate surface area is 253 Å². The molecule has 1 unspecified atom stereocenters. The zero-order valence-electron chi connectivity index (χ0n) is 25.7. The van der Waals surface area contributed by atoms with Crippen molar-refractivity contribution in [3.8, 4) is 11.5 Å². The number of aliphatic hydroxyl groups excluding tert-OH is 1. The fourth-order valence-corrected chi connectivity index (χ4v) is 5.37. The highest BCUT2D eigenvalue weighted by molar-refractivity contribution is 5.91. The molecule has 1 aliphatic rings. The molecule has 0 spiro atoms. The Balaban J connectivity index is 1.37. The van der Waals surface area contributed by atoms with Crippen LogP contribution in [0.2, 0.25) is 0 Å². The smallest absolute Gasteiger partial charge is 0.334 e. The maximum absolute atomic E-state index is 12.9. The molecule has 232 valence electrons. The molecule has 42 heavy (non-hydrogen) atoms. The predicted octanol–water partition coefficient (Wildman–Crippen LogP) is 8.36. The lowest BCUT2D eigenvalue weighted by atomic mass is 9.98. The van der Waals surface area contributed by atoms with E-state index in [0.717, 1.165) is 42.6 Å². The number of methoxy groups -OCH3 is 1. The van der Waals surface area contributed by atoms with Crippen LogP contribution in [0.15, 0.2) is 66.2 Å². The van der Waals surface area contributed by atoms with Crippen molar-refractivity contribution in [3.05, 3.63) is 71.8 Å². The second-order valence-electron chi connectivity index (χ2n) is 11.5. The molecule has 1 atom stereocenters. The fourth-order valence-electron chi connectivity index (χ4n) is 5.37. The van der Waals surface area contributed by atoms with Gasteiger partial charge in [0.2, 0.25) is 0 Å². The van der Waals surface area contributed by atoms with E-state index >= 15 is 0 Å². The molecular weight excluding hydrogens is 528 g/mol. The van der Waals surface area contributed by atoms with Gasteiger partial charge in [-0.2, -0.15) is 0 Å². The molecule has 0 aliphatic carbocycles. The van der Waals surface area contributed by atoms with Crippen LogP contribution in [-0.4, -0.2) is 43.6 Å². The lowest BCUT2D eigenvalue weighted by Gasteiger charge is -2.27. The number of hydrogen-bond acceptors (Lipinski definition) is 6. The van der Waals surface area contributed by atoms with Gasteiger partial charge in [-0.3, -0.25) is 0 Å². The molecule has 1 heterocycles. The van der Waals surface area contributed by atoms with Gasteiger partial charge in [0, 0.05) is 18.6 Å². The number of rotatable bonds is 23. The minimum Gasteiger partial charge on any atom is -0.497 e. The summed E-state index contributed by atoms with van der Waals surface area (Å²) in [5, 5.41) is 8.82. The molecule has 1 saturated heterocycles.